The Morgan fingerprint density at radius 1 is 1.08 bits per heavy atom. The molecule has 0 unspecified atom stereocenters. The number of carbonyl (C=O) groups excluding carboxylic acids is 2. The first-order valence-corrected chi connectivity index (χ1v) is 7.97. The molecule has 0 radical (unpaired) electrons. The van der Waals surface area contributed by atoms with E-state index in [4.69, 9.17) is 4.74 Å². The smallest absolute Gasteiger partial charge is 0.307 e. The highest BCUT2D eigenvalue weighted by Gasteiger charge is 2.01. The summed E-state index contributed by atoms with van der Waals surface area (Å²) in [4.78, 5) is 22.7. The van der Waals surface area contributed by atoms with Crippen molar-refractivity contribution in [3.05, 3.63) is 71.8 Å². The lowest BCUT2D eigenvalue weighted by molar-refractivity contribution is -0.140. The van der Waals surface area contributed by atoms with Crippen molar-refractivity contribution in [3.8, 4) is 5.75 Å². The Labute approximate surface area is 147 Å². The Morgan fingerprint density at radius 2 is 1.88 bits per heavy atom. The first-order valence-electron chi connectivity index (χ1n) is 7.97. The number of esters is 1. The molecule has 0 fully saturated rings. The minimum atomic E-state index is -0.354. The molecule has 5 nitrogen and oxygen atoms in total. The number of nitrogens with one attached hydrogen (secondary N) is 1. The van der Waals surface area contributed by atoms with E-state index in [1.54, 1.807) is 6.08 Å². The Morgan fingerprint density at radius 3 is 2.64 bits per heavy atom. The molecule has 2 rings (SSSR count). The molecule has 0 saturated carbocycles. The number of hydrogen-bond donors (Lipinski definition) is 1. The van der Waals surface area contributed by atoms with Crippen LogP contribution in [0, 0.1) is 0 Å². The van der Waals surface area contributed by atoms with Crippen LogP contribution in [0.1, 0.15) is 17.5 Å². The third-order valence-corrected chi connectivity index (χ3v) is 3.39. The van der Waals surface area contributed by atoms with Crippen LogP contribution in [0.3, 0.4) is 0 Å². The number of methoxy groups -OCH3 is 1. The number of carbonyl (C=O) groups is 2. The second kappa shape index (κ2) is 9.93. The molecule has 130 valence electrons. The van der Waals surface area contributed by atoms with Gasteiger partial charge in [0, 0.05) is 12.6 Å². The van der Waals surface area contributed by atoms with Crippen molar-refractivity contribution in [2.75, 3.05) is 13.7 Å². The monoisotopic (exact) mass is 339 g/mol. The van der Waals surface area contributed by atoms with Gasteiger partial charge in [0.05, 0.1) is 13.5 Å². The summed E-state index contributed by atoms with van der Waals surface area (Å²) in [6, 6.07) is 17.4. The van der Waals surface area contributed by atoms with Crippen LogP contribution in [0.25, 0.3) is 6.08 Å². The average molecular weight is 339 g/mol. The zero-order valence-electron chi connectivity index (χ0n) is 14.1. The van der Waals surface area contributed by atoms with Crippen LogP contribution in [-0.4, -0.2) is 25.5 Å². The summed E-state index contributed by atoms with van der Waals surface area (Å²) in [5.41, 5.74) is 1.95. The molecule has 2 aromatic carbocycles. The fourth-order valence-electron chi connectivity index (χ4n) is 2.07. The Bertz CT molecular complexity index is 725. The summed E-state index contributed by atoms with van der Waals surface area (Å²) >= 11 is 0. The van der Waals surface area contributed by atoms with Crippen molar-refractivity contribution in [1.29, 1.82) is 0 Å². The van der Waals surface area contributed by atoms with E-state index < -0.39 is 0 Å². The van der Waals surface area contributed by atoms with E-state index in [9.17, 15) is 9.59 Å². The number of amides is 1. The Kier molecular flexibility index (Phi) is 7.25. The quantitative estimate of drug-likeness (QED) is 0.593. The van der Waals surface area contributed by atoms with Crippen LogP contribution < -0.4 is 10.1 Å². The minimum Gasteiger partial charge on any atom is -0.489 e. The van der Waals surface area contributed by atoms with Crippen molar-refractivity contribution in [2.45, 2.75) is 13.0 Å². The molecule has 0 spiro atoms. The summed E-state index contributed by atoms with van der Waals surface area (Å²) < 4.78 is 10.3. The predicted molar refractivity (Wildman–Crippen MR) is 95.9 cm³/mol. The fourth-order valence-corrected chi connectivity index (χ4v) is 2.07. The van der Waals surface area contributed by atoms with Crippen LogP contribution in [0.15, 0.2) is 60.7 Å². The van der Waals surface area contributed by atoms with E-state index in [0.717, 1.165) is 16.9 Å². The highest BCUT2D eigenvalue weighted by atomic mass is 16.5. The zero-order chi connectivity index (χ0) is 17.9. The molecule has 2 aromatic rings. The van der Waals surface area contributed by atoms with Crippen LogP contribution >= 0.6 is 0 Å². The highest BCUT2D eigenvalue weighted by molar-refractivity contribution is 5.91. The molecule has 0 heterocycles. The predicted octanol–water partition coefficient (Wildman–Crippen LogP) is 2.96. The second-order valence-electron chi connectivity index (χ2n) is 5.30. The molecular weight excluding hydrogens is 318 g/mol. The van der Waals surface area contributed by atoms with Crippen molar-refractivity contribution in [2.24, 2.45) is 0 Å². The molecule has 0 saturated heterocycles. The van der Waals surface area contributed by atoms with E-state index in [1.807, 2.05) is 54.6 Å². The van der Waals surface area contributed by atoms with Crippen molar-refractivity contribution < 1.29 is 19.1 Å². The summed E-state index contributed by atoms with van der Waals surface area (Å²) in [7, 11) is 1.32. The molecular formula is C20H21NO4. The lowest BCUT2D eigenvalue weighted by atomic mass is 10.2. The minimum absolute atomic E-state index is 0.152. The van der Waals surface area contributed by atoms with Crippen molar-refractivity contribution in [3.63, 3.8) is 0 Å². The molecule has 0 bridgehead atoms. The summed E-state index contributed by atoms with van der Waals surface area (Å²) in [5, 5.41) is 2.62. The molecule has 0 aliphatic rings. The van der Waals surface area contributed by atoms with E-state index >= 15 is 0 Å². The van der Waals surface area contributed by atoms with E-state index in [0.29, 0.717) is 6.61 Å². The van der Waals surface area contributed by atoms with Crippen LogP contribution in [0.5, 0.6) is 5.75 Å². The maximum Gasteiger partial charge on any atom is 0.307 e. The summed E-state index contributed by atoms with van der Waals surface area (Å²) in [5.74, 6) is 0.115. The third-order valence-electron chi connectivity index (χ3n) is 3.39. The van der Waals surface area contributed by atoms with Crippen LogP contribution in [0.4, 0.5) is 0 Å². The van der Waals surface area contributed by atoms with Gasteiger partial charge >= 0.3 is 5.97 Å². The molecule has 0 aliphatic heterocycles. The molecule has 1 amide bonds. The lowest BCUT2D eigenvalue weighted by Gasteiger charge is -2.07. The molecule has 25 heavy (non-hydrogen) atoms. The maximum absolute atomic E-state index is 11.7. The van der Waals surface area contributed by atoms with E-state index in [2.05, 4.69) is 10.1 Å². The first-order chi connectivity index (χ1) is 12.2. The lowest BCUT2D eigenvalue weighted by Crippen LogP contribution is -2.24. The van der Waals surface area contributed by atoms with E-state index in [1.165, 1.54) is 13.2 Å². The normalized spacial score (nSPS) is 10.4. The van der Waals surface area contributed by atoms with Crippen molar-refractivity contribution in [1.82, 2.24) is 5.32 Å². The molecule has 1 N–H and O–H groups in total. The Balaban J connectivity index is 1.83. The number of hydrogen-bond acceptors (Lipinski definition) is 4. The van der Waals surface area contributed by atoms with Crippen LogP contribution in [0.2, 0.25) is 0 Å². The standard InChI is InChI=1S/C20H21NO4/c1-24-20(23)12-13-21-19(22)11-10-16-8-5-9-18(14-16)25-15-17-6-3-2-4-7-17/h2-11,14H,12-13,15H2,1H3,(H,21,22)/b11-10+. The van der Waals surface area contributed by atoms with Gasteiger partial charge in [-0.2, -0.15) is 0 Å². The van der Waals surface area contributed by atoms with Crippen molar-refractivity contribution >= 4 is 18.0 Å². The SMILES string of the molecule is COC(=O)CCNC(=O)/C=C/c1cccc(OCc2ccccc2)c1. The average Bonchev–Trinajstić information content (AvgIpc) is 2.66. The van der Waals surface area contributed by atoms with Gasteiger partial charge in [-0.3, -0.25) is 9.59 Å². The molecule has 0 atom stereocenters. The highest BCUT2D eigenvalue weighted by Crippen LogP contribution is 2.16. The number of rotatable bonds is 8. The van der Waals surface area contributed by atoms with E-state index in [-0.39, 0.29) is 24.8 Å². The topological polar surface area (TPSA) is 64.6 Å². The Hall–Kier alpha value is -3.08. The molecule has 0 aromatic heterocycles. The molecule has 0 aliphatic carbocycles. The summed E-state index contributed by atoms with van der Waals surface area (Å²) in [6.07, 6.45) is 3.27. The van der Waals surface area contributed by atoms with Gasteiger partial charge in [-0.1, -0.05) is 42.5 Å². The van der Waals surface area contributed by atoms with Gasteiger partial charge in [-0.15, -0.1) is 0 Å². The van der Waals surface area contributed by atoms with Gasteiger partial charge < -0.3 is 14.8 Å². The zero-order valence-corrected chi connectivity index (χ0v) is 14.1. The van der Waals surface area contributed by atoms with Gasteiger partial charge in [0.25, 0.3) is 0 Å². The molecule has 5 heteroatoms. The summed E-state index contributed by atoms with van der Waals surface area (Å²) in [6.45, 7) is 0.734. The second-order valence-corrected chi connectivity index (χ2v) is 5.30. The number of ether oxygens (including phenoxy) is 2. The number of benzene rings is 2. The fraction of sp³-hybridized carbons (Fsp3) is 0.200. The van der Waals surface area contributed by atoms with Gasteiger partial charge in [-0.05, 0) is 29.3 Å². The first kappa shape index (κ1) is 18.3. The van der Waals surface area contributed by atoms with Gasteiger partial charge in [0.2, 0.25) is 5.91 Å². The largest absolute Gasteiger partial charge is 0.489 e. The van der Waals surface area contributed by atoms with Crippen LogP contribution in [-0.2, 0) is 20.9 Å². The third kappa shape index (κ3) is 6.91. The van der Waals surface area contributed by atoms with Gasteiger partial charge in [0.15, 0.2) is 0 Å². The van der Waals surface area contributed by atoms with Gasteiger partial charge in [0.1, 0.15) is 12.4 Å². The maximum atomic E-state index is 11.7. The van der Waals surface area contributed by atoms with Gasteiger partial charge in [-0.25, -0.2) is 0 Å².